The first-order valence-electron chi connectivity index (χ1n) is 7.18. The zero-order valence-corrected chi connectivity index (χ0v) is 11.0. The summed E-state index contributed by atoms with van der Waals surface area (Å²) in [6, 6.07) is 3.64. The van der Waals surface area contributed by atoms with Crippen LogP contribution in [0.1, 0.15) is 45.4 Å². The van der Waals surface area contributed by atoms with E-state index in [0.717, 1.165) is 18.4 Å². The fraction of sp³-hybridized carbons (Fsp3) is 0.929. The Bertz CT molecular complexity index is 261. The number of nitriles is 1. The summed E-state index contributed by atoms with van der Waals surface area (Å²) in [5.74, 6) is 0.803. The third-order valence-corrected chi connectivity index (χ3v) is 4.15. The molecule has 2 fully saturated rings. The molecule has 1 N–H and O–H groups in total. The Hall–Kier alpha value is -0.590. The van der Waals surface area contributed by atoms with Gasteiger partial charge in [0.2, 0.25) is 0 Å². The van der Waals surface area contributed by atoms with Crippen LogP contribution >= 0.6 is 0 Å². The van der Waals surface area contributed by atoms with Crippen LogP contribution in [-0.4, -0.2) is 36.6 Å². The van der Waals surface area contributed by atoms with Gasteiger partial charge in [0.15, 0.2) is 0 Å². The zero-order valence-electron chi connectivity index (χ0n) is 11.0. The average Bonchev–Trinajstić information content (AvgIpc) is 3.19. The second kappa shape index (κ2) is 6.37. The molecule has 2 rings (SSSR count). The fourth-order valence-corrected chi connectivity index (χ4v) is 2.98. The summed E-state index contributed by atoms with van der Waals surface area (Å²) < 4.78 is 0. The molecular formula is C14H25N3. The predicted molar refractivity (Wildman–Crippen MR) is 69.6 cm³/mol. The topological polar surface area (TPSA) is 39.1 Å². The van der Waals surface area contributed by atoms with Gasteiger partial charge in [-0.3, -0.25) is 4.90 Å². The van der Waals surface area contributed by atoms with Crippen LogP contribution in [0, 0.1) is 17.2 Å². The Morgan fingerprint density at radius 1 is 1.41 bits per heavy atom. The summed E-state index contributed by atoms with van der Waals surface area (Å²) in [5.41, 5.74) is 0. The predicted octanol–water partition coefficient (Wildman–Crippen LogP) is 2.14. The lowest BCUT2D eigenvalue weighted by molar-refractivity contribution is 0.142. The number of nitrogens with zero attached hydrogens (tertiary/aromatic N) is 2. The van der Waals surface area contributed by atoms with Gasteiger partial charge in [0, 0.05) is 18.6 Å². The Kier molecular flexibility index (Phi) is 4.82. The van der Waals surface area contributed by atoms with Gasteiger partial charge in [0.1, 0.15) is 0 Å². The second-order valence-corrected chi connectivity index (χ2v) is 5.56. The van der Waals surface area contributed by atoms with Gasteiger partial charge in [-0.05, 0) is 51.1 Å². The van der Waals surface area contributed by atoms with Crippen LogP contribution in [-0.2, 0) is 0 Å². The third kappa shape index (κ3) is 3.69. The fourth-order valence-electron chi connectivity index (χ4n) is 2.98. The molecule has 0 aromatic heterocycles. The zero-order chi connectivity index (χ0) is 12.1. The Labute approximate surface area is 105 Å². The molecule has 0 bridgehead atoms. The molecule has 0 radical (unpaired) electrons. The molecule has 0 spiro atoms. The maximum Gasteiger partial charge on any atom is 0.0638 e. The summed E-state index contributed by atoms with van der Waals surface area (Å²) in [4.78, 5) is 2.64. The van der Waals surface area contributed by atoms with Crippen LogP contribution in [0.25, 0.3) is 0 Å². The van der Waals surface area contributed by atoms with E-state index in [1.807, 2.05) is 0 Å². The van der Waals surface area contributed by atoms with Crippen molar-refractivity contribution in [2.24, 2.45) is 5.92 Å². The second-order valence-electron chi connectivity index (χ2n) is 5.56. The van der Waals surface area contributed by atoms with Crippen molar-refractivity contribution in [2.45, 2.75) is 57.5 Å². The number of piperidine rings is 1. The molecule has 0 amide bonds. The van der Waals surface area contributed by atoms with Crippen molar-refractivity contribution in [2.75, 3.05) is 19.6 Å². The van der Waals surface area contributed by atoms with Gasteiger partial charge in [0.05, 0.1) is 12.5 Å². The summed E-state index contributed by atoms with van der Waals surface area (Å²) in [6.07, 6.45) is 7.19. The highest BCUT2D eigenvalue weighted by Crippen LogP contribution is 2.31. The molecule has 2 atom stereocenters. The van der Waals surface area contributed by atoms with Crippen LogP contribution in [0.3, 0.4) is 0 Å². The molecule has 17 heavy (non-hydrogen) atoms. The smallest absolute Gasteiger partial charge is 0.0638 e. The van der Waals surface area contributed by atoms with Crippen LogP contribution in [0.5, 0.6) is 0 Å². The molecule has 2 aliphatic rings. The van der Waals surface area contributed by atoms with Crippen molar-refractivity contribution in [1.82, 2.24) is 10.2 Å². The molecule has 2 unspecified atom stereocenters. The van der Waals surface area contributed by atoms with Gasteiger partial charge >= 0.3 is 0 Å². The summed E-state index contributed by atoms with van der Waals surface area (Å²) in [7, 11) is 0. The first kappa shape index (κ1) is 12.9. The van der Waals surface area contributed by atoms with Gasteiger partial charge in [-0.25, -0.2) is 0 Å². The third-order valence-electron chi connectivity index (χ3n) is 4.15. The quantitative estimate of drug-likeness (QED) is 0.766. The molecule has 1 aliphatic heterocycles. The molecule has 1 heterocycles. The van der Waals surface area contributed by atoms with Gasteiger partial charge in [0.25, 0.3) is 0 Å². The Morgan fingerprint density at radius 3 is 2.76 bits per heavy atom. The largest absolute Gasteiger partial charge is 0.316 e. The van der Waals surface area contributed by atoms with E-state index in [2.05, 4.69) is 23.2 Å². The molecule has 0 aromatic carbocycles. The first-order valence-corrected chi connectivity index (χ1v) is 7.18. The van der Waals surface area contributed by atoms with Crippen molar-refractivity contribution in [3.63, 3.8) is 0 Å². The molecule has 0 aromatic rings. The minimum absolute atomic E-state index is 0.495. The maximum atomic E-state index is 8.94. The average molecular weight is 235 g/mol. The molecule has 3 heteroatoms. The van der Waals surface area contributed by atoms with Crippen molar-refractivity contribution >= 4 is 0 Å². The van der Waals surface area contributed by atoms with Crippen LogP contribution in [0.15, 0.2) is 0 Å². The van der Waals surface area contributed by atoms with E-state index >= 15 is 0 Å². The highest BCUT2D eigenvalue weighted by Gasteiger charge is 2.34. The van der Waals surface area contributed by atoms with E-state index in [9.17, 15) is 0 Å². The van der Waals surface area contributed by atoms with Crippen LogP contribution < -0.4 is 5.32 Å². The molecule has 1 saturated carbocycles. The molecule has 1 aliphatic carbocycles. The maximum absolute atomic E-state index is 8.94. The van der Waals surface area contributed by atoms with Crippen molar-refractivity contribution in [3.05, 3.63) is 0 Å². The lowest BCUT2D eigenvalue weighted by Gasteiger charge is -2.34. The summed E-state index contributed by atoms with van der Waals surface area (Å²) in [5, 5.41) is 12.4. The molecule has 3 nitrogen and oxygen atoms in total. The van der Waals surface area contributed by atoms with E-state index in [0.29, 0.717) is 12.5 Å². The number of nitrogens with one attached hydrogen (secondary N) is 1. The Balaban J connectivity index is 1.89. The van der Waals surface area contributed by atoms with Gasteiger partial charge in [-0.2, -0.15) is 5.26 Å². The van der Waals surface area contributed by atoms with Crippen LogP contribution in [0.2, 0.25) is 0 Å². The normalized spacial score (nSPS) is 26.8. The van der Waals surface area contributed by atoms with Gasteiger partial charge < -0.3 is 5.32 Å². The monoisotopic (exact) mass is 235 g/mol. The minimum atomic E-state index is 0.495. The van der Waals surface area contributed by atoms with Crippen molar-refractivity contribution in [3.8, 4) is 6.07 Å². The van der Waals surface area contributed by atoms with E-state index in [1.54, 1.807) is 0 Å². The molecule has 96 valence electrons. The highest BCUT2D eigenvalue weighted by atomic mass is 15.2. The van der Waals surface area contributed by atoms with E-state index in [1.165, 1.54) is 45.3 Å². The van der Waals surface area contributed by atoms with E-state index < -0.39 is 0 Å². The lowest BCUT2D eigenvalue weighted by Crippen LogP contribution is -2.44. The van der Waals surface area contributed by atoms with Crippen molar-refractivity contribution in [1.29, 1.82) is 5.26 Å². The van der Waals surface area contributed by atoms with E-state index in [-0.39, 0.29) is 0 Å². The standard InChI is InChI=1S/C14H25N3/c1-2-13(7-8-15)17(14-5-6-14)11-12-4-3-9-16-10-12/h12-14,16H,2-7,9-11H2,1H3. The first-order chi connectivity index (χ1) is 8.35. The van der Waals surface area contributed by atoms with Gasteiger partial charge in [-0.15, -0.1) is 0 Å². The van der Waals surface area contributed by atoms with Crippen molar-refractivity contribution < 1.29 is 0 Å². The molecule has 1 saturated heterocycles. The Morgan fingerprint density at radius 2 is 2.24 bits per heavy atom. The number of hydrogen-bond donors (Lipinski definition) is 1. The lowest BCUT2D eigenvalue weighted by atomic mass is 9.97. The highest BCUT2D eigenvalue weighted by molar-refractivity contribution is 4.93. The number of rotatable bonds is 6. The number of hydrogen-bond acceptors (Lipinski definition) is 3. The summed E-state index contributed by atoms with van der Waals surface area (Å²) in [6.45, 7) is 5.79. The van der Waals surface area contributed by atoms with Crippen LogP contribution in [0.4, 0.5) is 0 Å². The van der Waals surface area contributed by atoms with E-state index in [4.69, 9.17) is 5.26 Å². The minimum Gasteiger partial charge on any atom is -0.316 e. The van der Waals surface area contributed by atoms with Gasteiger partial charge in [-0.1, -0.05) is 6.92 Å². The summed E-state index contributed by atoms with van der Waals surface area (Å²) >= 11 is 0. The molecular weight excluding hydrogens is 210 g/mol. The SMILES string of the molecule is CCC(CC#N)N(CC1CCCNC1)C1CC1.